The van der Waals surface area contributed by atoms with Crippen molar-refractivity contribution in [3.05, 3.63) is 102 Å². The van der Waals surface area contributed by atoms with Crippen molar-refractivity contribution < 1.29 is 18.9 Å². The molecule has 0 N–H and O–H groups in total. The van der Waals surface area contributed by atoms with Crippen molar-refractivity contribution in [1.29, 1.82) is 0 Å². The zero-order valence-electron chi connectivity index (χ0n) is 16.4. The molecule has 0 bridgehead atoms. The quantitative estimate of drug-likeness (QED) is 0.512. The Hall–Kier alpha value is -1.94. The van der Waals surface area contributed by atoms with Crippen molar-refractivity contribution in [1.82, 2.24) is 0 Å². The molecule has 0 aromatic heterocycles. The third-order valence-electron chi connectivity index (χ3n) is 4.43. The van der Waals surface area contributed by atoms with Gasteiger partial charge in [-0.1, -0.05) is 87.1 Å². The molecule has 2 heteroatoms. The average Bonchev–Trinajstić information content (AvgIpc) is 2.62. The van der Waals surface area contributed by atoms with Gasteiger partial charge >= 0.3 is 18.9 Å². The first kappa shape index (κ1) is 20.4. The van der Waals surface area contributed by atoms with Gasteiger partial charge in [0.2, 0.25) is 0 Å². The van der Waals surface area contributed by atoms with Gasteiger partial charge in [-0.25, -0.2) is 0 Å². The molecular weight excluding hydrogens is 309 g/mol. The van der Waals surface area contributed by atoms with Crippen molar-refractivity contribution in [3.63, 3.8) is 0 Å². The zero-order valence-corrected chi connectivity index (χ0v) is 16.4. The molecule has 0 saturated carbocycles. The molecule has 0 atom stereocenters. The molecule has 0 heterocycles. The van der Waals surface area contributed by atoms with Crippen LogP contribution >= 0.6 is 0 Å². The maximum absolute atomic E-state index is 3.45. The number of anilines is 1. The van der Waals surface area contributed by atoms with E-state index in [0.29, 0.717) is 0 Å². The summed E-state index contributed by atoms with van der Waals surface area (Å²) in [7, 11) is 0. The van der Waals surface area contributed by atoms with E-state index in [0.717, 1.165) is 18.8 Å². The number of hydrogen-bond donors (Lipinski definition) is 0. The fourth-order valence-corrected chi connectivity index (χ4v) is 2.94. The molecule has 26 heavy (non-hydrogen) atoms. The van der Waals surface area contributed by atoms with Crippen LogP contribution in [-0.4, -0.2) is 0 Å². The van der Waals surface area contributed by atoms with Crippen LogP contribution in [0.15, 0.2) is 78.9 Å². The molecule has 128 valence electrons. The third kappa shape index (κ3) is 5.53. The number of benzene rings is 3. The molecule has 0 aliphatic heterocycles. The second-order valence-electron chi connectivity index (χ2n) is 7.54. The minimum atomic E-state index is 0. The predicted molar refractivity (Wildman–Crippen MR) is 107 cm³/mol. The van der Waals surface area contributed by atoms with Crippen molar-refractivity contribution in [2.75, 3.05) is 4.90 Å². The minimum Gasteiger partial charge on any atom is -0.385 e. The van der Waals surface area contributed by atoms with E-state index >= 15 is 0 Å². The second-order valence-corrected chi connectivity index (χ2v) is 7.54. The summed E-state index contributed by atoms with van der Waals surface area (Å²) in [5.41, 5.74) is 5.25. The Kier molecular flexibility index (Phi) is 7.15. The largest absolute Gasteiger partial charge is 1.00 e. The fourth-order valence-electron chi connectivity index (χ4n) is 2.94. The Balaban J connectivity index is 0.00000243. The van der Waals surface area contributed by atoms with Gasteiger partial charge < -0.3 is 4.90 Å². The summed E-state index contributed by atoms with van der Waals surface area (Å²) in [5.74, 6) is 0. The normalized spacial score (nSPS) is 10.9. The maximum atomic E-state index is 3.45. The van der Waals surface area contributed by atoms with Gasteiger partial charge in [-0.2, -0.15) is 23.8 Å². The Morgan fingerprint density at radius 2 is 1.27 bits per heavy atom. The molecule has 1 nitrogen and oxygen atoms in total. The van der Waals surface area contributed by atoms with Gasteiger partial charge in [0.15, 0.2) is 0 Å². The minimum absolute atomic E-state index is 0. The van der Waals surface area contributed by atoms with E-state index in [2.05, 4.69) is 111 Å². The molecule has 0 saturated heterocycles. The van der Waals surface area contributed by atoms with Crippen LogP contribution in [0, 0.1) is 6.07 Å². The van der Waals surface area contributed by atoms with Crippen molar-refractivity contribution in [2.24, 2.45) is 0 Å². The molecule has 0 aliphatic carbocycles. The molecule has 0 aliphatic rings. The summed E-state index contributed by atoms with van der Waals surface area (Å²) in [5, 5.41) is 0. The van der Waals surface area contributed by atoms with Crippen molar-refractivity contribution >= 4 is 5.69 Å². The number of nitrogens with zero attached hydrogens (tertiary/aromatic N) is 1. The van der Waals surface area contributed by atoms with Crippen LogP contribution < -0.4 is 23.8 Å². The van der Waals surface area contributed by atoms with E-state index in [-0.39, 0.29) is 24.3 Å². The van der Waals surface area contributed by atoms with Crippen LogP contribution in [0.4, 0.5) is 5.69 Å². The fraction of sp³-hybridized carbons (Fsp3) is 0.250. The summed E-state index contributed by atoms with van der Waals surface area (Å²) >= 11 is 0. The average molecular weight is 335 g/mol. The molecule has 3 rings (SSSR count). The first-order valence-corrected chi connectivity index (χ1v) is 8.87. The molecular formula is C24H26LiN. The summed E-state index contributed by atoms with van der Waals surface area (Å²) < 4.78 is 0. The van der Waals surface area contributed by atoms with Gasteiger partial charge in [0.25, 0.3) is 0 Å². The monoisotopic (exact) mass is 335 g/mol. The molecule has 3 aromatic rings. The summed E-state index contributed by atoms with van der Waals surface area (Å²) in [6.07, 6.45) is 0. The molecule has 0 spiro atoms. The Labute approximate surface area is 170 Å². The predicted octanol–water partition coefficient (Wildman–Crippen LogP) is 3.00. The topological polar surface area (TPSA) is 3.24 Å². The van der Waals surface area contributed by atoms with E-state index in [1.165, 1.54) is 16.7 Å². The Morgan fingerprint density at radius 3 is 1.73 bits per heavy atom. The van der Waals surface area contributed by atoms with Gasteiger partial charge in [-0.15, -0.1) is 6.07 Å². The zero-order chi connectivity index (χ0) is 17.7. The van der Waals surface area contributed by atoms with Gasteiger partial charge in [-0.05, 0) is 16.5 Å². The Bertz CT molecular complexity index is 750. The van der Waals surface area contributed by atoms with Gasteiger partial charge in [0.1, 0.15) is 0 Å². The van der Waals surface area contributed by atoms with Gasteiger partial charge in [0.05, 0.1) is 0 Å². The number of hydrogen-bond acceptors (Lipinski definition) is 1. The summed E-state index contributed by atoms with van der Waals surface area (Å²) in [6.45, 7) is 8.51. The molecule has 0 amide bonds. The Morgan fingerprint density at radius 1 is 0.769 bits per heavy atom. The van der Waals surface area contributed by atoms with Crippen molar-refractivity contribution in [2.45, 2.75) is 39.3 Å². The van der Waals surface area contributed by atoms with Crippen LogP contribution in [0.3, 0.4) is 0 Å². The van der Waals surface area contributed by atoms with Crippen LogP contribution in [0.25, 0.3) is 0 Å². The van der Waals surface area contributed by atoms with Gasteiger partial charge in [-0.3, -0.25) is 0 Å². The standard InChI is InChI=1S/C24H26N.Li/c1-24(2,3)22-15-10-16-23(17-22)25(18-20-11-6-4-7-12-20)19-21-13-8-5-9-14-21;/h4-15,17H,18-19H2,1-3H3;/q-1;+1. The van der Waals surface area contributed by atoms with E-state index in [9.17, 15) is 0 Å². The molecule has 0 radical (unpaired) electrons. The van der Waals surface area contributed by atoms with Crippen LogP contribution in [-0.2, 0) is 18.5 Å². The maximum Gasteiger partial charge on any atom is 1.00 e. The molecule has 0 unspecified atom stereocenters. The van der Waals surface area contributed by atoms with E-state index in [4.69, 9.17) is 0 Å². The first-order chi connectivity index (χ1) is 12.0. The van der Waals surface area contributed by atoms with Crippen LogP contribution in [0.2, 0.25) is 0 Å². The second kappa shape index (κ2) is 9.13. The third-order valence-corrected chi connectivity index (χ3v) is 4.43. The summed E-state index contributed by atoms with van der Waals surface area (Å²) in [4.78, 5) is 2.40. The van der Waals surface area contributed by atoms with E-state index in [1.54, 1.807) is 0 Å². The van der Waals surface area contributed by atoms with Crippen molar-refractivity contribution in [3.8, 4) is 0 Å². The first-order valence-electron chi connectivity index (χ1n) is 8.87. The molecule has 3 aromatic carbocycles. The smallest absolute Gasteiger partial charge is 0.385 e. The summed E-state index contributed by atoms with van der Waals surface area (Å²) in [6, 6.07) is 31.2. The van der Waals surface area contributed by atoms with E-state index in [1.807, 2.05) is 0 Å². The van der Waals surface area contributed by atoms with Crippen LogP contribution in [0.5, 0.6) is 0 Å². The van der Waals surface area contributed by atoms with Gasteiger partial charge in [0, 0.05) is 13.1 Å². The molecule has 0 fully saturated rings. The van der Waals surface area contributed by atoms with Crippen LogP contribution in [0.1, 0.15) is 37.5 Å². The SMILES string of the molecule is CC(C)(C)c1cc[c-]c(N(Cc2ccccc2)Cc2ccccc2)c1.[Li+]. The van der Waals surface area contributed by atoms with E-state index < -0.39 is 0 Å². The number of rotatable bonds is 5.